The molecule has 0 radical (unpaired) electrons. The van der Waals surface area contributed by atoms with E-state index in [1.807, 2.05) is 0 Å². The number of hydrogen-bond acceptors (Lipinski definition) is 4. The van der Waals surface area contributed by atoms with Crippen LogP contribution in [0.1, 0.15) is 16.1 Å². The molecule has 9 heteroatoms. The summed E-state index contributed by atoms with van der Waals surface area (Å²) < 4.78 is 38.5. The Bertz CT molecular complexity index is 859. The van der Waals surface area contributed by atoms with Gasteiger partial charge in [0.15, 0.2) is 5.82 Å². The van der Waals surface area contributed by atoms with E-state index in [1.165, 1.54) is 12.3 Å². The number of carbonyl (C=O) groups excluding carboxylic acids is 1. The van der Waals surface area contributed by atoms with Crippen LogP contribution in [-0.4, -0.2) is 20.9 Å². The van der Waals surface area contributed by atoms with Crippen LogP contribution in [0.4, 0.5) is 19.0 Å². The number of H-pyrrole nitrogens is 1. The molecule has 0 fully saturated rings. The lowest BCUT2D eigenvalue weighted by atomic mass is 10.2. The summed E-state index contributed by atoms with van der Waals surface area (Å²) in [7, 11) is 0. The van der Waals surface area contributed by atoms with Gasteiger partial charge in [0.25, 0.3) is 5.91 Å². The smallest absolute Gasteiger partial charge is 0.346 e. The van der Waals surface area contributed by atoms with Gasteiger partial charge in [0, 0.05) is 17.8 Å². The highest BCUT2D eigenvalue weighted by Gasteiger charge is 2.34. The van der Waals surface area contributed by atoms with E-state index < -0.39 is 23.5 Å². The van der Waals surface area contributed by atoms with E-state index in [-0.39, 0.29) is 5.69 Å². The lowest BCUT2D eigenvalue weighted by Gasteiger charge is -2.13. The molecule has 0 unspecified atom stereocenters. The Morgan fingerprint density at radius 3 is 2.78 bits per heavy atom. The summed E-state index contributed by atoms with van der Waals surface area (Å²) in [4.78, 5) is 22.5. The number of amides is 1. The van der Waals surface area contributed by atoms with Crippen molar-refractivity contribution in [2.45, 2.75) is 6.18 Å². The number of aromatic nitrogens is 3. The minimum atomic E-state index is -4.58. The molecule has 3 aromatic rings. The van der Waals surface area contributed by atoms with E-state index in [0.29, 0.717) is 5.65 Å². The second-order valence-electron chi connectivity index (χ2n) is 4.59. The third kappa shape index (κ3) is 3.07. The average molecular weight is 321 g/mol. The summed E-state index contributed by atoms with van der Waals surface area (Å²) in [6.45, 7) is 0. The molecule has 6 nitrogen and oxygen atoms in total. The molecular formula is C14H10F3N5O. The van der Waals surface area contributed by atoms with Gasteiger partial charge < -0.3 is 4.98 Å². The Morgan fingerprint density at radius 2 is 2.00 bits per heavy atom. The number of hydrogen-bond donors (Lipinski definition) is 3. The van der Waals surface area contributed by atoms with Crippen LogP contribution in [0.2, 0.25) is 0 Å². The van der Waals surface area contributed by atoms with Crippen molar-refractivity contribution in [1.29, 1.82) is 0 Å². The highest BCUT2D eigenvalue weighted by Crippen LogP contribution is 2.33. The predicted octanol–water partition coefficient (Wildman–Crippen LogP) is 2.73. The first-order chi connectivity index (χ1) is 10.9. The van der Waals surface area contributed by atoms with Crippen molar-refractivity contribution >= 4 is 22.8 Å². The summed E-state index contributed by atoms with van der Waals surface area (Å²) in [5.74, 6) is -1.17. The van der Waals surface area contributed by atoms with E-state index in [4.69, 9.17) is 0 Å². The molecule has 3 heterocycles. The first-order valence-corrected chi connectivity index (χ1v) is 6.48. The van der Waals surface area contributed by atoms with Crippen LogP contribution in [0.5, 0.6) is 0 Å². The van der Waals surface area contributed by atoms with E-state index in [1.54, 1.807) is 18.3 Å². The van der Waals surface area contributed by atoms with Gasteiger partial charge in [0.05, 0.1) is 5.56 Å². The molecule has 0 atom stereocenters. The Hall–Kier alpha value is -3.10. The number of rotatable bonds is 3. The fourth-order valence-corrected chi connectivity index (χ4v) is 1.97. The maximum absolute atomic E-state index is 12.8. The van der Waals surface area contributed by atoms with Crippen molar-refractivity contribution in [2.75, 3.05) is 5.43 Å². The lowest BCUT2D eigenvalue weighted by molar-refractivity contribution is -0.137. The molecule has 3 N–H and O–H groups in total. The molecule has 3 aromatic heterocycles. The number of halogens is 3. The average Bonchev–Trinajstić information content (AvgIpc) is 2.99. The molecule has 1 amide bonds. The van der Waals surface area contributed by atoms with Gasteiger partial charge in [-0.1, -0.05) is 0 Å². The fourth-order valence-electron chi connectivity index (χ4n) is 1.97. The van der Waals surface area contributed by atoms with Crippen molar-refractivity contribution < 1.29 is 18.0 Å². The molecule has 23 heavy (non-hydrogen) atoms. The topological polar surface area (TPSA) is 82.7 Å². The van der Waals surface area contributed by atoms with Crippen LogP contribution in [0.3, 0.4) is 0 Å². The molecule has 0 aliphatic carbocycles. The van der Waals surface area contributed by atoms with E-state index in [9.17, 15) is 18.0 Å². The maximum atomic E-state index is 12.8. The van der Waals surface area contributed by atoms with Gasteiger partial charge in [-0.05, 0) is 30.3 Å². The quantitative estimate of drug-likeness (QED) is 0.648. The van der Waals surface area contributed by atoms with E-state index in [0.717, 1.165) is 17.5 Å². The minimum Gasteiger partial charge on any atom is -0.346 e. The van der Waals surface area contributed by atoms with Crippen LogP contribution in [0, 0.1) is 0 Å². The number of alkyl halides is 3. The van der Waals surface area contributed by atoms with Crippen LogP contribution in [0.15, 0.2) is 42.7 Å². The second-order valence-corrected chi connectivity index (χ2v) is 4.59. The number of carbonyl (C=O) groups is 1. The number of fused-ring (bicyclic) bond motifs is 1. The van der Waals surface area contributed by atoms with Gasteiger partial charge in [-0.25, -0.2) is 9.97 Å². The van der Waals surface area contributed by atoms with Crippen molar-refractivity contribution in [3.8, 4) is 0 Å². The molecule has 0 aliphatic heterocycles. The van der Waals surface area contributed by atoms with Gasteiger partial charge >= 0.3 is 6.18 Å². The van der Waals surface area contributed by atoms with E-state index in [2.05, 4.69) is 25.8 Å². The summed E-state index contributed by atoms with van der Waals surface area (Å²) in [6.07, 6.45) is -1.73. The SMILES string of the molecule is O=C(NNc1ncccc1C(F)(F)F)c1ccc2cc[nH]c2n1. The van der Waals surface area contributed by atoms with Gasteiger partial charge in [-0.15, -0.1) is 0 Å². The van der Waals surface area contributed by atoms with Crippen LogP contribution >= 0.6 is 0 Å². The second kappa shape index (κ2) is 5.59. The fraction of sp³-hybridized carbons (Fsp3) is 0.0714. The molecule has 0 spiro atoms. The Labute approximate surface area is 127 Å². The van der Waals surface area contributed by atoms with Gasteiger partial charge in [-0.2, -0.15) is 13.2 Å². The zero-order chi connectivity index (χ0) is 16.4. The number of nitrogens with zero attached hydrogens (tertiary/aromatic N) is 2. The number of pyridine rings is 2. The highest BCUT2D eigenvalue weighted by atomic mass is 19.4. The summed E-state index contributed by atoms with van der Waals surface area (Å²) in [5.41, 5.74) is 3.92. The van der Waals surface area contributed by atoms with Crippen LogP contribution < -0.4 is 10.9 Å². The molecule has 118 valence electrons. The number of anilines is 1. The van der Waals surface area contributed by atoms with Crippen molar-refractivity contribution in [2.24, 2.45) is 0 Å². The summed E-state index contributed by atoms with van der Waals surface area (Å²) >= 11 is 0. The Morgan fingerprint density at radius 1 is 1.17 bits per heavy atom. The third-order valence-electron chi connectivity index (χ3n) is 3.05. The van der Waals surface area contributed by atoms with Gasteiger partial charge in [0.2, 0.25) is 0 Å². The zero-order valence-electron chi connectivity index (χ0n) is 11.5. The third-order valence-corrected chi connectivity index (χ3v) is 3.05. The lowest BCUT2D eigenvalue weighted by Crippen LogP contribution is -2.31. The number of hydrazine groups is 1. The summed E-state index contributed by atoms with van der Waals surface area (Å²) in [5, 5.41) is 0.818. The maximum Gasteiger partial charge on any atom is 0.420 e. The summed E-state index contributed by atoms with van der Waals surface area (Å²) in [6, 6.07) is 6.96. The molecule has 0 aliphatic rings. The van der Waals surface area contributed by atoms with Gasteiger partial charge in [-0.3, -0.25) is 15.6 Å². The van der Waals surface area contributed by atoms with Crippen molar-refractivity contribution in [3.63, 3.8) is 0 Å². The number of nitrogens with one attached hydrogen (secondary N) is 3. The predicted molar refractivity (Wildman–Crippen MR) is 76.4 cm³/mol. The first-order valence-electron chi connectivity index (χ1n) is 6.48. The minimum absolute atomic E-state index is 0.0527. The number of aromatic amines is 1. The Kier molecular flexibility index (Phi) is 3.61. The highest BCUT2D eigenvalue weighted by molar-refractivity contribution is 5.95. The standard InChI is InChI=1S/C14H10F3N5O/c15-14(16,17)9-2-1-6-18-12(9)21-22-13(23)10-4-3-8-5-7-19-11(8)20-10/h1-7H,(H,18,21)(H,19,20)(H,22,23). The normalized spacial score (nSPS) is 11.4. The molecule has 0 saturated carbocycles. The van der Waals surface area contributed by atoms with Crippen LogP contribution in [0.25, 0.3) is 11.0 Å². The molecule has 0 bridgehead atoms. The first kappa shape index (κ1) is 14.8. The van der Waals surface area contributed by atoms with Crippen LogP contribution in [-0.2, 0) is 6.18 Å². The zero-order valence-corrected chi connectivity index (χ0v) is 11.5. The van der Waals surface area contributed by atoms with Crippen molar-refractivity contribution in [1.82, 2.24) is 20.4 Å². The molecular weight excluding hydrogens is 311 g/mol. The van der Waals surface area contributed by atoms with Crippen molar-refractivity contribution in [3.05, 3.63) is 54.0 Å². The molecule has 0 aromatic carbocycles. The monoisotopic (exact) mass is 321 g/mol. The molecule has 3 rings (SSSR count). The largest absolute Gasteiger partial charge is 0.420 e. The Balaban J connectivity index is 1.77. The molecule has 0 saturated heterocycles. The van der Waals surface area contributed by atoms with Gasteiger partial charge in [0.1, 0.15) is 11.3 Å². The van der Waals surface area contributed by atoms with E-state index >= 15 is 0 Å².